The molecule has 12 heteroatoms. The number of carbonyl (C=O) groups excluding carboxylic acids is 4. The smallest absolute Gasteiger partial charge is 0.458 e. The molecule has 43 heavy (non-hydrogen) atoms. The lowest BCUT2D eigenvalue weighted by molar-refractivity contribution is -0.155. The molecule has 0 spiro atoms. The van der Waals surface area contributed by atoms with Crippen molar-refractivity contribution in [3.05, 3.63) is 23.8 Å². The van der Waals surface area contributed by atoms with E-state index in [1.165, 1.54) is 12.1 Å². The first-order valence-corrected chi connectivity index (χ1v) is 14.9. The summed E-state index contributed by atoms with van der Waals surface area (Å²) in [5, 5.41) is 0. The molecule has 0 saturated heterocycles. The summed E-state index contributed by atoms with van der Waals surface area (Å²) in [6.45, 7) is 16.1. The van der Waals surface area contributed by atoms with Gasteiger partial charge in [0, 0.05) is 0 Å². The zero-order chi connectivity index (χ0) is 32.7. The molecular formula is C31H49NO11. The molecule has 0 bridgehead atoms. The molecule has 2 N–H and O–H groups in total. The number of rotatable bonds is 16. The topological polar surface area (TPSA) is 159 Å². The molecule has 1 aromatic carbocycles. The zero-order valence-corrected chi connectivity index (χ0v) is 26.9. The third-order valence-electron chi connectivity index (χ3n) is 6.60. The van der Waals surface area contributed by atoms with E-state index < -0.39 is 42.7 Å². The molecule has 12 nitrogen and oxygen atoms in total. The molecule has 0 aliphatic rings. The van der Waals surface area contributed by atoms with E-state index in [-0.39, 0.29) is 42.1 Å². The van der Waals surface area contributed by atoms with Gasteiger partial charge in [0.25, 0.3) is 0 Å². The molecule has 0 radical (unpaired) electrons. The molecule has 0 saturated carbocycles. The zero-order valence-electron chi connectivity index (χ0n) is 26.9. The lowest BCUT2D eigenvalue weighted by Gasteiger charge is -2.23. The maximum absolute atomic E-state index is 12.7. The van der Waals surface area contributed by atoms with E-state index >= 15 is 0 Å². The number of ether oxygens (including phenoxy) is 7. The highest BCUT2D eigenvalue weighted by molar-refractivity contribution is 5.76. The summed E-state index contributed by atoms with van der Waals surface area (Å²) < 4.78 is 37.0. The first-order chi connectivity index (χ1) is 20.2. The largest absolute Gasteiger partial charge is 0.514 e. The molecule has 0 aliphatic carbocycles. The van der Waals surface area contributed by atoms with Crippen molar-refractivity contribution < 1.29 is 52.3 Å². The predicted octanol–water partition coefficient (Wildman–Crippen LogP) is 6.48. The van der Waals surface area contributed by atoms with Crippen molar-refractivity contribution in [3.63, 3.8) is 0 Å². The van der Waals surface area contributed by atoms with Crippen molar-refractivity contribution in [1.29, 1.82) is 0 Å². The average molecular weight is 612 g/mol. The van der Waals surface area contributed by atoms with E-state index in [9.17, 15) is 19.2 Å². The summed E-state index contributed by atoms with van der Waals surface area (Å²) in [7, 11) is 0. The van der Waals surface area contributed by atoms with Crippen molar-refractivity contribution in [2.75, 3.05) is 0 Å². The molecule has 0 aromatic heterocycles. The Morgan fingerprint density at radius 3 is 1.65 bits per heavy atom. The van der Waals surface area contributed by atoms with E-state index in [0.29, 0.717) is 18.4 Å². The average Bonchev–Trinajstić information content (AvgIpc) is 2.89. The van der Waals surface area contributed by atoms with Crippen molar-refractivity contribution in [1.82, 2.24) is 0 Å². The number of esters is 1. The maximum Gasteiger partial charge on any atom is 0.514 e. The van der Waals surface area contributed by atoms with Crippen LogP contribution in [0.25, 0.3) is 0 Å². The van der Waals surface area contributed by atoms with Gasteiger partial charge in [0.15, 0.2) is 11.5 Å². The number of hydrogen-bond donors (Lipinski definition) is 1. The summed E-state index contributed by atoms with van der Waals surface area (Å²) in [6, 6.07) is 3.26. The van der Waals surface area contributed by atoms with E-state index in [1.807, 2.05) is 27.7 Å². The monoisotopic (exact) mass is 611 g/mol. The summed E-state index contributed by atoms with van der Waals surface area (Å²) >= 11 is 0. The Balaban J connectivity index is 2.95. The first kappa shape index (κ1) is 37.5. The quantitative estimate of drug-likeness (QED) is 0.123. The second-order valence-electron chi connectivity index (χ2n) is 11.0. The lowest BCUT2D eigenvalue weighted by Crippen LogP contribution is -2.39. The Labute approximate surface area is 254 Å². The van der Waals surface area contributed by atoms with Crippen LogP contribution in [0.4, 0.5) is 14.4 Å². The van der Waals surface area contributed by atoms with E-state index in [2.05, 4.69) is 0 Å². The van der Waals surface area contributed by atoms with Gasteiger partial charge in [0.2, 0.25) is 0 Å². The van der Waals surface area contributed by atoms with Gasteiger partial charge in [-0.05, 0) is 77.5 Å². The van der Waals surface area contributed by atoms with Gasteiger partial charge >= 0.3 is 24.4 Å². The van der Waals surface area contributed by atoms with Crippen LogP contribution in [-0.4, -0.2) is 61.0 Å². The summed E-state index contributed by atoms with van der Waals surface area (Å²) in [5.74, 6) is -0.819. The van der Waals surface area contributed by atoms with Crippen LogP contribution in [0, 0.1) is 5.92 Å². The first-order valence-electron chi connectivity index (χ1n) is 14.9. The molecule has 0 fully saturated rings. The third-order valence-corrected chi connectivity index (χ3v) is 6.60. The van der Waals surface area contributed by atoms with E-state index in [4.69, 9.17) is 38.9 Å². The van der Waals surface area contributed by atoms with Gasteiger partial charge in [-0.2, -0.15) is 0 Å². The fraction of sp³-hybridized carbons (Fsp3) is 0.677. The Hall–Kier alpha value is -3.54. The molecule has 1 aromatic rings. The third kappa shape index (κ3) is 14.5. The molecule has 3 unspecified atom stereocenters. The maximum atomic E-state index is 12.7. The molecular weight excluding hydrogens is 562 g/mol. The minimum Gasteiger partial charge on any atom is -0.458 e. The van der Waals surface area contributed by atoms with Gasteiger partial charge in [0.1, 0.15) is 36.6 Å². The molecule has 0 aliphatic heterocycles. The molecule has 1 rings (SSSR count). The van der Waals surface area contributed by atoms with Gasteiger partial charge in [0.05, 0.1) is 0 Å². The minimum absolute atomic E-state index is 0.00928. The SMILES string of the molecule is CCCC(C)OC(=O)Oc1ccc(C[C@H](N)C(=O)O[C@@H](C)[C@H](C)OC(=O)OC(C)C(C)C)cc1OC(=O)OC(C)CCC. The molecule has 0 heterocycles. The number of hydrogen-bond acceptors (Lipinski definition) is 12. The number of nitrogens with two attached hydrogens (primary N) is 1. The number of carbonyl (C=O) groups is 4. The van der Waals surface area contributed by atoms with Gasteiger partial charge in [-0.25, -0.2) is 14.4 Å². The summed E-state index contributed by atoms with van der Waals surface area (Å²) in [6.07, 6.45) is -2.60. The fourth-order valence-corrected chi connectivity index (χ4v) is 3.60. The van der Waals surface area contributed by atoms with Gasteiger partial charge in [-0.1, -0.05) is 46.6 Å². The van der Waals surface area contributed by atoms with Gasteiger partial charge in [-0.3, -0.25) is 4.79 Å². The standard InChI is InChI=1S/C31H49NO11/c1-10-12-19(5)37-29(34)42-26-15-14-24(17-27(26)43-30(35)38-20(6)13-11-2)16-25(32)28(33)39-22(8)23(9)41-31(36)40-21(7)18(3)4/h14-15,17-23,25H,10-13,16,32H2,1-9H3/t19?,20?,21?,22-,23-,25-/m0/s1. The van der Waals surface area contributed by atoms with Crippen LogP contribution in [0.2, 0.25) is 0 Å². The highest BCUT2D eigenvalue weighted by atomic mass is 16.8. The van der Waals surface area contributed by atoms with Gasteiger partial charge < -0.3 is 38.9 Å². The predicted molar refractivity (Wildman–Crippen MR) is 158 cm³/mol. The van der Waals surface area contributed by atoms with Crippen LogP contribution in [0.1, 0.15) is 93.6 Å². The van der Waals surface area contributed by atoms with Crippen LogP contribution in [0.3, 0.4) is 0 Å². The Bertz CT molecular complexity index is 1040. The van der Waals surface area contributed by atoms with Crippen molar-refractivity contribution in [3.8, 4) is 11.5 Å². The Kier molecular flexibility index (Phi) is 16.5. The number of benzene rings is 1. The van der Waals surface area contributed by atoms with Crippen LogP contribution in [-0.2, 0) is 34.9 Å². The van der Waals surface area contributed by atoms with Crippen LogP contribution < -0.4 is 15.2 Å². The van der Waals surface area contributed by atoms with Crippen molar-refractivity contribution >= 4 is 24.4 Å². The Morgan fingerprint density at radius 1 is 0.651 bits per heavy atom. The van der Waals surface area contributed by atoms with Crippen LogP contribution in [0.5, 0.6) is 11.5 Å². The molecule has 0 amide bonds. The van der Waals surface area contributed by atoms with Crippen molar-refractivity contribution in [2.24, 2.45) is 11.7 Å². The normalized spacial score (nSPS) is 15.2. The fourth-order valence-electron chi connectivity index (χ4n) is 3.60. The van der Waals surface area contributed by atoms with E-state index in [0.717, 1.165) is 12.8 Å². The highest BCUT2D eigenvalue weighted by Gasteiger charge is 2.26. The summed E-state index contributed by atoms with van der Waals surface area (Å²) in [4.78, 5) is 49.5. The molecule has 6 atom stereocenters. The second kappa shape index (κ2) is 18.9. The molecule has 244 valence electrons. The lowest BCUT2D eigenvalue weighted by atomic mass is 10.1. The van der Waals surface area contributed by atoms with Crippen LogP contribution in [0.15, 0.2) is 18.2 Å². The summed E-state index contributed by atoms with van der Waals surface area (Å²) in [5.41, 5.74) is 6.59. The van der Waals surface area contributed by atoms with Gasteiger partial charge in [-0.15, -0.1) is 0 Å². The van der Waals surface area contributed by atoms with Crippen LogP contribution >= 0.6 is 0 Å². The second-order valence-corrected chi connectivity index (χ2v) is 11.0. The van der Waals surface area contributed by atoms with Crippen molar-refractivity contribution in [2.45, 2.75) is 131 Å². The minimum atomic E-state index is -1.11. The highest BCUT2D eigenvalue weighted by Crippen LogP contribution is 2.30. The Morgan fingerprint density at radius 2 is 1.14 bits per heavy atom. The van der Waals surface area contributed by atoms with E-state index in [1.54, 1.807) is 40.7 Å².